The van der Waals surface area contributed by atoms with Crippen LogP contribution in [0.4, 0.5) is 29.6 Å². The maximum atomic E-state index is 13.6. The summed E-state index contributed by atoms with van der Waals surface area (Å²) in [5.41, 5.74) is 0.559. The quantitative estimate of drug-likeness (QED) is 0.714. The van der Waals surface area contributed by atoms with Crippen molar-refractivity contribution in [2.45, 2.75) is 32.1 Å². The van der Waals surface area contributed by atoms with Crippen molar-refractivity contribution in [2.75, 3.05) is 29.9 Å². The molecule has 2 aromatic heterocycles. The summed E-state index contributed by atoms with van der Waals surface area (Å²) in [6, 6.07) is 3.11. The molecule has 29 heavy (non-hydrogen) atoms. The summed E-state index contributed by atoms with van der Waals surface area (Å²) < 4.78 is 40.9. The van der Waals surface area contributed by atoms with Crippen molar-refractivity contribution < 1.29 is 18.0 Å². The number of nitrogens with zero attached hydrogens (tertiary/aromatic N) is 3. The van der Waals surface area contributed by atoms with Crippen LogP contribution in [0, 0.1) is 0 Å². The molecule has 10 heteroatoms. The Bertz CT molecular complexity index is 948. The van der Waals surface area contributed by atoms with E-state index in [4.69, 9.17) is 0 Å². The van der Waals surface area contributed by atoms with E-state index < -0.39 is 23.8 Å². The number of anilines is 2. The number of rotatable bonds is 2. The highest BCUT2D eigenvalue weighted by atomic mass is 19.4. The Morgan fingerprint density at radius 3 is 2.76 bits per heavy atom. The van der Waals surface area contributed by atoms with Gasteiger partial charge in [0.25, 0.3) is 0 Å². The Morgan fingerprint density at radius 2 is 2.03 bits per heavy atom. The molecule has 0 radical (unpaired) electrons. The van der Waals surface area contributed by atoms with Crippen molar-refractivity contribution in [2.24, 2.45) is 0 Å². The van der Waals surface area contributed by atoms with Crippen LogP contribution in [0.2, 0.25) is 0 Å². The van der Waals surface area contributed by atoms with Gasteiger partial charge in [0.15, 0.2) is 0 Å². The normalized spacial score (nSPS) is 22.0. The van der Waals surface area contributed by atoms with E-state index >= 15 is 0 Å². The molecule has 0 unspecified atom stereocenters. The minimum Gasteiger partial charge on any atom is -0.354 e. The van der Waals surface area contributed by atoms with Gasteiger partial charge in [-0.25, -0.2) is 14.8 Å². The molecule has 154 valence electrons. The monoisotopic (exact) mass is 406 g/mol. The van der Waals surface area contributed by atoms with Crippen LogP contribution in [-0.4, -0.2) is 41.7 Å². The maximum Gasteiger partial charge on any atom is 0.416 e. The number of pyridine rings is 2. The van der Waals surface area contributed by atoms with Crippen LogP contribution in [0.1, 0.15) is 31.0 Å². The molecule has 2 atom stereocenters. The molecule has 1 saturated heterocycles. The number of alkyl halides is 3. The number of nitrogens with one attached hydrogen (secondary N) is 3. The third kappa shape index (κ3) is 3.84. The Hall–Kier alpha value is -2.88. The molecule has 0 saturated carbocycles. The van der Waals surface area contributed by atoms with Gasteiger partial charge in [-0.15, -0.1) is 0 Å². The molecule has 0 spiro atoms. The number of piperazine rings is 1. The van der Waals surface area contributed by atoms with Crippen LogP contribution in [0.3, 0.4) is 0 Å². The van der Waals surface area contributed by atoms with Gasteiger partial charge in [-0.05, 0) is 32.0 Å². The minimum atomic E-state index is -4.50. The summed E-state index contributed by atoms with van der Waals surface area (Å²) in [5, 5.41) is 8.59. The lowest BCUT2D eigenvalue weighted by Crippen LogP contribution is -2.49. The van der Waals surface area contributed by atoms with E-state index in [1.807, 2.05) is 11.8 Å². The second-order valence-electron chi connectivity index (χ2n) is 7.34. The van der Waals surface area contributed by atoms with Gasteiger partial charge in [0.1, 0.15) is 11.6 Å². The minimum absolute atomic E-state index is 0.150. The topological polar surface area (TPSA) is 82.2 Å². The number of halogens is 3. The van der Waals surface area contributed by atoms with E-state index in [-0.39, 0.29) is 17.6 Å². The molecular weight excluding hydrogens is 385 g/mol. The number of carbonyl (C=O) groups is 1. The van der Waals surface area contributed by atoms with E-state index in [1.165, 1.54) is 6.20 Å². The number of aromatic nitrogens is 2. The van der Waals surface area contributed by atoms with E-state index in [0.717, 1.165) is 12.1 Å². The summed E-state index contributed by atoms with van der Waals surface area (Å²) in [7, 11) is 0. The van der Waals surface area contributed by atoms with E-state index in [9.17, 15) is 18.0 Å². The average Bonchev–Trinajstić information content (AvgIpc) is 2.66. The molecule has 0 aromatic carbocycles. The average molecular weight is 406 g/mol. The zero-order chi connectivity index (χ0) is 20.8. The lowest BCUT2D eigenvalue weighted by atomic mass is 9.97. The summed E-state index contributed by atoms with van der Waals surface area (Å²) in [4.78, 5) is 22.3. The summed E-state index contributed by atoms with van der Waals surface area (Å²) in [5.74, 6) is 0.615. The van der Waals surface area contributed by atoms with Crippen molar-refractivity contribution >= 4 is 17.7 Å². The molecule has 7 nitrogen and oxygen atoms in total. The standard InChI is InChI=1S/C19H21F3N6O/c1-10-9-28(6-5-23-10)15-8-12(19(20,21)22)7-14(26-15)13-3-4-24-17-16(13)11(2)25-18(29)27-17/h3-4,7-8,10-11,23H,5-6,9H2,1-2H3,(H2,24,25,27,29)/t10-,11+/m0/s1. The van der Waals surface area contributed by atoms with E-state index in [2.05, 4.69) is 25.9 Å². The Morgan fingerprint density at radius 1 is 1.24 bits per heavy atom. The molecule has 0 aliphatic carbocycles. The number of hydrogen-bond donors (Lipinski definition) is 3. The molecule has 4 rings (SSSR count). The predicted molar refractivity (Wildman–Crippen MR) is 103 cm³/mol. The fourth-order valence-corrected chi connectivity index (χ4v) is 3.77. The largest absolute Gasteiger partial charge is 0.416 e. The van der Waals surface area contributed by atoms with E-state index in [0.29, 0.717) is 36.6 Å². The number of urea groups is 1. The van der Waals surface area contributed by atoms with Crippen LogP contribution in [0.5, 0.6) is 0 Å². The molecule has 2 aromatic rings. The number of hydrogen-bond acceptors (Lipinski definition) is 5. The maximum absolute atomic E-state index is 13.6. The smallest absolute Gasteiger partial charge is 0.354 e. The molecule has 2 aliphatic heterocycles. The molecular formula is C19H21F3N6O. The second kappa shape index (κ2) is 7.18. The van der Waals surface area contributed by atoms with Crippen molar-refractivity contribution in [3.05, 3.63) is 35.5 Å². The van der Waals surface area contributed by atoms with Gasteiger partial charge < -0.3 is 15.5 Å². The van der Waals surface area contributed by atoms with Crippen LogP contribution in [0.15, 0.2) is 24.4 Å². The Balaban J connectivity index is 1.85. The molecule has 0 bridgehead atoms. The summed E-state index contributed by atoms with van der Waals surface area (Å²) >= 11 is 0. The van der Waals surface area contributed by atoms with Gasteiger partial charge in [-0.3, -0.25) is 5.32 Å². The number of carbonyl (C=O) groups excluding carboxylic acids is 1. The fourth-order valence-electron chi connectivity index (χ4n) is 3.77. The lowest BCUT2D eigenvalue weighted by Gasteiger charge is -2.33. The Labute approximate surface area is 165 Å². The lowest BCUT2D eigenvalue weighted by molar-refractivity contribution is -0.137. The van der Waals surface area contributed by atoms with Crippen molar-refractivity contribution in [3.63, 3.8) is 0 Å². The fraction of sp³-hybridized carbons (Fsp3) is 0.421. The molecule has 1 fully saturated rings. The third-order valence-corrected chi connectivity index (χ3v) is 5.11. The number of fused-ring (bicyclic) bond motifs is 1. The third-order valence-electron chi connectivity index (χ3n) is 5.11. The first-order chi connectivity index (χ1) is 13.7. The van der Waals surface area contributed by atoms with Gasteiger partial charge in [-0.2, -0.15) is 13.2 Å². The van der Waals surface area contributed by atoms with Crippen molar-refractivity contribution in [1.82, 2.24) is 20.6 Å². The van der Waals surface area contributed by atoms with Crippen molar-refractivity contribution in [3.8, 4) is 11.3 Å². The predicted octanol–water partition coefficient (Wildman–Crippen LogP) is 3.16. The van der Waals surface area contributed by atoms with Gasteiger partial charge >= 0.3 is 12.2 Å². The van der Waals surface area contributed by atoms with Crippen LogP contribution < -0.4 is 20.9 Å². The van der Waals surface area contributed by atoms with Gasteiger partial charge in [0.05, 0.1) is 17.3 Å². The molecule has 2 amide bonds. The highest BCUT2D eigenvalue weighted by Crippen LogP contribution is 2.38. The molecule has 2 aliphatic rings. The number of amides is 2. The van der Waals surface area contributed by atoms with Crippen molar-refractivity contribution in [1.29, 1.82) is 0 Å². The summed E-state index contributed by atoms with van der Waals surface area (Å²) in [6.45, 7) is 5.55. The van der Waals surface area contributed by atoms with Gasteiger partial charge in [0, 0.05) is 43.0 Å². The molecule has 3 N–H and O–H groups in total. The first-order valence-corrected chi connectivity index (χ1v) is 9.37. The van der Waals surface area contributed by atoms with Gasteiger partial charge in [-0.1, -0.05) is 0 Å². The zero-order valence-corrected chi connectivity index (χ0v) is 16.0. The zero-order valence-electron chi connectivity index (χ0n) is 16.0. The van der Waals surface area contributed by atoms with Crippen LogP contribution >= 0.6 is 0 Å². The highest BCUT2D eigenvalue weighted by molar-refractivity contribution is 5.93. The van der Waals surface area contributed by atoms with Crippen LogP contribution in [-0.2, 0) is 6.18 Å². The first kappa shape index (κ1) is 19.4. The Kier molecular flexibility index (Phi) is 4.81. The van der Waals surface area contributed by atoms with Gasteiger partial charge in [0.2, 0.25) is 0 Å². The first-order valence-electron chi connectivity index (χ1n) is 9.37. The highest BCUT2D eigenvalue weighted by Gasteiger charge is 2.34. The second-order valence-corrected chi connectivity index (χ2v) is 7.34. The SMILES string of the molecule is C[C@H]1CN(c2cc(C(F)(F)F)cc(-c3ccnc4c3[C@@H](C)NC(=O)N4)n2)CCN1. The molecule has 4 heterocycles. The van der Waals surface area contributed by atoms with E-state index in [1.54, 1.807) is 13.0 Å². The summed E-state index contributed by atoms with van der Waals surface area (Å²) in [6.07, 6.45) is -3.04. The van der Waals surface area contributed by atoms with Crippen LogP contribution in [0.25, 0.3) is 11.3 Å².